The van der Waals surface area contributed by atoms with Gasteiger partial charge in [-0.2, -0.15) is 0 Å². The first-order valence-electron chi connectivity index (χ1n) is 16.0. The summed E-state index contributed by atoms with van der Waals surface area (Å²) in [6.07, 6.45) is 0. The maximum absolute atomic E-state index is 6.52. The van der Waals surface area contributed by atoms with Crippen LogP contribution in [-0.4, -0.2) is 4.98 Å². The maximum atomic E-state index is 6.52. The summed E-state index contributed by atoms with van der Waals surface area (Å²) in [5.74, 6) is 0. The molecule has 0 saturated carbocycles. The molecular formula is C43H26N2O2S. The van der Waals surface area contributed by atoms with E-state index in [2.05, 4.69) is 126 Å². The molecule has 0 atom stereocenters. The number of hydrogen-bond donors (Lipinski definition) is 0. The molecule has 10 aromatic rings. The standard InChI is InChI=1S/C43H26N2O2S/c1-3-12-28(13-4-1)43-44-40-35(26-38-39(42(40)48-43)34-17-8-10-21-37(34)46-38)45(29-14-5-2-6-15-29)30-24-22-27(23-25-30)31-18-11-19-33-32-16-7-9-20-36(32)47-41(31)33/h1-26H. The SMILES string of the molecule is c1ccc(-c2nc3c(N(c4ccccc4)c4ccc(-c5cccc6c5oc5ccccc56)cc4)cc4oc5ccccc5c4c3s2)cc1. The highest BCUT2D eigenvalue weighted by Crippen LogP contribution is 2.47. The molecule has 0 radical (unpaired) electrons. The Balaban J connectivity index is 1.19. The summed E-state index contributed by atoms with van der Waals surface area (Å²) in [5, 5.41) is 5.43. The number of anilines is 3. The van der Waals surface area contributed by atoms with E-state index in [0.717, 1.165) is 92.9 Å². The van der Waals surface area contributed by atoms with Crippen LogP contribution in [0.1, 0.15) is 0 Å². The second-order valence-corrected chi connectivity index (χ2v) is 12.9. The van der Waals surface area contributed by atoms with Gasteiger partial charge in [0.05, 0.1) is 10.4 Å². The lowest BCUT2D eigenvalue weighted by atomic mass is 10.0. The molecule has 0 spiro atoms. The molecule has 7 aromatic carbocycles. The van der Waals surface area contributed by atoms with Crippen molar-refractivity contribution >= 4 is 82.5 Å². The molecule has 0 saturated heterocycles. The van der Waals surface area contributed by atoms with Crippen molar-refractivity contribution in [3.8, 4) is 21.7 Å². The molecule has 226 valence electrons. The first-order valence-corrected chi connectivity index (χ1v) is 16.8. The predicted molar refractivity (Wildman–Crippen MR) is 200 cm³/mol. The molecular weight excluding hydrogens is 609 g/mol. The van der Waals surface area contributed by atoms with E-state index in [4.69, 9.17) is 13.8 Å². The fraction of sp³-hybridized carbons (Fsp3) is 0. The summed E-state index contributed by atoms with van der Waals surface area (Å²) < 4.78 is 14.0. The predicted octanol–water partition coefficient (Wildman–Crippen LogP) is 12.9. The monoisotopic (exact) mass is 634 g/mol. The average molecular weight is 635 g/mol. The molecule has 48 heavy (non-hydrogen) atoms. The molecule has 0 aliphatic rings. The molecule has 0 N–H and O–H groups in total. The van der Waals surface area contributed by atoms with Crippen molar-refractivity contribution in [3.05, 3.63) is 158 Å². The molecule has 3 heterocycles. The van der Waals surface area contributed by atoms with Gasteiger partial charge in [0.1, 0.15) is 32.9 Å². The van der Waals surface area contributed by atoms with Crippen LogP contribution < -0.4 is 4.90 Å². The van der Waals surface area contributed by atoms with Gasteiger partial charge in [-0.3, -0.25) is 0 Å². The third kappa shape index (κ3) is 4.18. The van der Waals surface area contributed by atoms with Gasteiger partial charge < -0.3 is 13.7 Å². The minimum absolute atomic E-state index is 0.844. The minimum atomic E-state index is 0.844. The highest BCUT2D eigenvalue weighted by molar-refractivity contribution is 7.22. The zero-order valence-electron chi connectivity index (χ0n) is 25.6. The lowest BCUT2D eigenvalue weighted by molar-refractivity contribution is 0.669. The van der Waals surface area contributed by atoms with E-state index in [1.54, 1.807) is 11.3 Å². The van der Waals surface area contributed by atoms with Gasteiger partial charge in [0.2, 0.25) is 0 Å². The van der Waals surface area contributed by atoms with E-state index in [9.17, 15) is 0 Å². The zero-order valence-corrected chi connectivity index (χ0v) is 26.4. The van der Waals surface area contributed by atoms with E-state index >= 15 is 0 Å². The fourth-order valence-corrected chi connectivity index (χ4v) is 8.04. The molecule has 0 aliphatic heterocycles. The molecule has 0 unspecified atom stereocenters. The van der Waals surface area contributed by atoms with E-state index in [-0.39, 0.29) is 0 Å². The Morgan fingerprint density at radius 3 is 1.94 bits per heavy atom. The summed E-state index contributed by atoms with van der Waals surface area (Å²) >= 11 is 1.72. The van der Waals surface area contributed by atoms with Gasteiger partial charge in [0, 0.05) is 50.1 Å². The van der Waals surface area contributed by atoms with Crippen LogP contribution in [0.15, 0.2) is 167 Å². The van der Waals surface area contributed by atoms with Crippen LogP contribution in [-0.2, 0) is 0 Å². The molecule has 0 fully saturated rings. The van der Waals surface area contributed by atoms with E-state index < -0.39 is 0 Å². The summed E-state index contributed by atoms with van der Waals surface area (Å²) in [7, 11) is 0. The molecule has 3 aromatic heterocycles. The van der Waals surface area contributed by atoms with Crippen molar-refractivity contribution in [2.75, 3.05) is 4.90 Å². The second-order valence-electron chi connectivity index (χ2n) is 11.9. The largest absolute Gasteiger partial charge is 0.456 e. The fourth-order valence-electron chi connectivity index (χ4n) is 6.90. The van der Waals surface area contributed by atoms with Crippen molar-refractivity contribution in [2.45, 2.75) is 0 Å². The number of benzene rings is 7. The number of thiazole rings is 1. The summed E-state index contributed by atoms with van der Waals surface area (Å²) in [6.45, 7) is 0. The smallest absolute Gasteiger partial charge is 0.143 e. The number of rotatable bonds is 5. The normalized spacial score (nSPS) is 11.8. The van der Waals surface area contributed by atoms with Crippen LogP contribution in [0.2, 0.25) is 0 Å². The Hall–Kier alpha value is -6.17. The quantitative estimate of drug-likeness (QED) is 0.189. The van der Waals surface area contributed by atoms with Crippen LogP contribution in [0.4, 0.5) is 17.1 Å². The lowest BCUT2D eigenvalue weighted by Crippen LogP contribution is -2.10. The van der Waals surface area contributed by atoms with Gasteiger partial charge in [-0.15, -0.1) is 11.3 Å². The lowest BCUT2D eigenvalue weighted by Gasteiger charge is -2.26. The van der Waals surface area contributed by atoms with Gasteiger partial charge in [-0.1, -0.05) is 115 Å². The summed E-state index contributed by atoms with van der Waals surface area (Å²) in [5.41, 5.74) is 10.7. The highest BCUT2D eigenvalue weighted by Gasteiger charge is 2.24. The van der Waals surface area contributed by atoms with E-state index in [1.165, 1.54) is 0 Å². The topological polar surface area (TPSA) is 42.4 Å². The summed E-state index contributed by atoms with van der Waals surface area (Å²) in [4.78, 5) is 7.62. The average Bonchev–Trinajstić information content (AvgIpc) is 3.86. The van der Waals surface area contributed by atoms with Crippen LogP contribution >= 0.6 is 11.3 Å². The van der Waals surface area contributed by atoms with Crippen LogP contribution in [0.25, 0.3) is 75.8 Å². The van der Waals surface area contributed by atoms with Crippen molar-refractivity contribution in [3.63, 3.8) is 0 Å². The van der Waals surface area contributed by atoms with Gasteiger partial charge in [-0.05, 0) is 42.0 Å². The second kappa shape index (κ2) is 10.7. The van der Waals surface area contributed by atoms with Crippen LogP contribution in [0.5, 0.6) is 0 Å². The van der Waals surface area contributed by atoms with Gasteiger partial charge in [0.15, 0.2) is 0 Å². The molecule has 5 heteroatoms. The van der Waals surface area contributed by atoms with Gasteiger partial charge in [0.25, 0.3) is 0 Å². The Morgan fingerprint density at radius 2 is 1.15 bits per heavy atom. The number of furan rings is 2. The molecule has 0 aliphatic carbocycles. The van der Waals surface area contributed by atoms with Crippen LogP contribution in [0.3, 0.4) is 0 Å². The Kier molecular flexibility index (Phi) is 6.01. The summed E-state index contributed by atoms with van der Waals surface area (Å²) in [6, 6.07) is 54.6. The minimum Gasteiger partial charge on any atom is -0.456 e. The van der Waals surface area contributed by atoms with Gasteiger partial charge >= 0.3 is 0 Å². The first kappa shape index (κ1) is 27.0. The third-order valence-corrected chi connectivity index (χ3v) is 10.2. The van der Waals surface area contributed by atoms with Crippen molar-refractivity contribution in [2.24, 2.45) is 0 Å². The molecule has 0 bridgehead atoms. The Morgan fingerprint density at radius 1 is 0.500 bits per heavy atom. The van der Waals surface area contributed by atoms with Crippen molar-refractivity contribution < 1.29 is 8.83 Å². The van der Waals surface area contributed by atoms with Crippen molar-refractivity contribution in [1.82, 2.24) is 4.98 Å². The number of hydrogen-bond acceptors (Lipinski definition) is 5. The Bertz CT molecular complexity index is 2780. The number of aromatic nitrogens is 1. The third-order valence-electron chi connectivity index (χ3n) is 9.10. The maximum Gasteiger partial charge on any atom is 0.143 e. The van der Waals surface area contributed by atoms with Crippen LogP contribution in [0, 0.1) is 0 Å². The van der Waals surface area contributed by atoms with E-state index in [0.29, 0.717) is 0 Å². The van der Waals surface area contributed by atoms with E-state index in [1.807, 2.05) is 36.4 Å². The molecule has 0 amide bonds. The first-order chi connectivity index (χ1) is 23.8. The highest BCUT2D eigenvalue weighted by atomic mass is 32.1. The molecule has 10 rings (SSSR count). The number of para-hydroxylation sites is 4. The Labute approximate surface area is 279 Å². The van der Waals surface area contributed by atoms with Crippen molar-refractivity contribution in [1.29, 1.82) is 0 Å². The molecule has 4 nitrogen and oxygen atoms in total. The number of fused-ring (bicyclic) bond motifs is 8. The van der Waals surface area contributed by atoms with Gasteiger partial charge in [-0.25, -0.2) is 4.98 Å². The number of nitrogens with zero attached hydrogens (tertiary/aromatic N) is 2. The zero-order chi connectivity index (χ0) is 31.6.